The van der Waals surface area contributed by atoms with Crippen LogP contribution in [0.2, 0.25) is 0 Å². The van der Waals surface area contributed by atoms with Gasteiger partial charge in [-0.05, 0) is 35.2 Å². The normalized spacial score (nSPS) is 20.9. The van der Waals surface area contributed by atoms with E-state index in [9.17, 15) is 24.0 Å². The fourth-order valence-electron chi connectivity index (χ4n) is 4.47. The molecule has 0 aliphatic carbocycles. The van der Waals surface area contributed by atoms with Crippen LogP contribution in [0, 0.1) is 0 Å². The van der Waals surface area contributed by atoms with E-state index < -0.39 is 54.6 Å². The van der Waals surface area contributed by atoms with Crippen molar-refractivity contribution in [3.05, 3.63) is 71.8 Å². The Bertz CT molecular complexity index is 1320. The predicted molar refractivity (Wildman–Crippen MR) is 156 cm³/mol. The zero-order valence-electron chi connectivity index (χ0n) is 25.1. The standard InChI is InChI=1S/C32H37NO11/c1-6-23-7-9-25(10-8-23)17-33-28(38)16-13-24-11-14-26(15-12-24)43-32-31(42-22(5)37)30(41-21(4)36)29(40-20(3)35)27(44-32)18-39-19(2)34/h6-12,14-15,27,29-32H,1,13,16-18H2,2-5H3,(H,33,38)/t27-,29-,30+,31+,32+/m1/s1. The SMILES string of the molecule is C=Cc1ccc(CNC(=O)CCc2ccc(O[C@H]3O[C@H](COC(C)=O)[C@@H](OC(C)=O)[C@H](OC(C)=O)[C@@H]3OC(C)=O)cc2)cc1. The van der Waals surface area contributed by atoms with E-state index in [1.807, 2.05) is 24.3 Å². The lowest BCUT2D eigenvalue weighted by Crippen LogP contribution is -2.63. The molecule has 236 valence electrons. The lowest BCUT2D eigenvalue weighted by molar-refractivity contribution is -0.288. The van der Waals surface area contributed by atoms with E-state index in [1.54, 1.807) is 30.3 Å². The Balaban J connectivity index is 1.69. The molecule has 12 nitrogen and oxygen atoms in total. The number of carbonyl (C=O) groups excluding carboxylic acids is 5. The summed E-state index contributed by atoms with van der Waals surface area (Å²) in [6, 6.07) is 14.5. The highest BCUT2D eigenvalue weighted by atomic mass is 16.7. The van der Waals surface area contributed by atoms with Gasteiger partial charge in [-0.1, -0.05) is 49.1 Å². The number of nitrogens with one attached hydrogen (secondary N) is 1. The molecular weight excluding hydrogens is 574 g/mol. The highest BCUT2D eigenvalue weighted by Gasteiger charge is 2.53. The van der Waals surface area contributed by atoms with Gasteiger partial charge in [-0.15, -0.1) is 0 Å². The van der Waals surface area contributed by atoms with Crippen molar-refractivity contribution >= 4 is 35.9 Å². The highest BCUT2D eigenvalue weighted by molar-refractivity contribution is 5.76. The smallest absolute Gasteiger partial charge is 0.303 e. The average molecular weight is 612 g/mol. The molecule has 1 saturated heterocycles. The van der Waals surface area contributed by atoms with Crippen molar-refractivity contribution in [2.24, 2.45) is 0 Å². The van der Waals surface area contributed by atoms with Crippen molar-refractivity contribution in [3.8, 4) is 5.75 Å². The Kier molecular flexibility index (Phi) is 12.5. The minimum Gasteiger partial charge on any atom is -0.463 e. The third kappa shape index (κ3) is 10.5. The summed E-state index contributed by atoms with van der Waals surface area (Å²) in [5, 5.41) is 2.90. The van der Waals surface area contributed by atoms with Gasteiger partial charge in [0, 0.05) is 40.7 Å². The Hall–Kier alpha value is -4.71. The lowest BCUT2D eigenvalue weighted by atomic mass is 9.98. The summed E-state index contributed by atoms with van der Waals surface area (Å²) in [5.41, 5.74) is 2.85. The van der Waals surface area contributed by atoms with Crippen LogP contribution in [0.5, 0.6) is 5.75 Å². The molecule has 1 aliphatic heterocycles. The number of aryl methyl sites for hydroxylation is 1. The number of ether oxygens (including phenoxy) is 6. The summed E-state index contributed by atoms with van der Waals surface area (Å²) < 4.78 is 33.2. The first-order valence-electron chi connectivity index (χ1n) is 14.0. The summed E-state index contributed by atoms with van der Waals surface area (Å²) in [7, 11) is 0. The third-order valence-corrected chi connectivity index (χ3v) is 6.47. The average Bonchev–Trinajstić information content (AvgIpc) is 2.97. The van der Waals surface area contributed by atoms with E-state index in [2.05, 4.69) is 11.9 Å². The maximum atomic E-state index is 12.4. The first kappa shape index (κ1) is 33.8. The van der Waals surface area contributed by atoms with Crippen LogP contribution in [0.3, 0.4) is 0 Å². The van der Waals surface area contributed by atoms with Crippen LogP contribution in [0.25, 0.3) is 6.08 Å². The van der Waals surface area contributed by atoms with Crippen LogP contribution < -0.4 is 10.1 Å². The van der Waals surface area contributed by atoms with Crippen LogP contribution in [0.15, 0.2) is 55.1 Å². The maximum absolute atomic E-state index is 12.4. The van der Waals surface area contributed by atoms with Crippen LogP contribution >= 0.6 is 0 Å². The molecule has 1 aliphatic rings. The van der Waals surface area contributed by atoms with Crippen molar-refractivity contribution in [2.45, 2.75) is 77.8 Å². The molecule has 1 heterocycles. The fraction of sp³-hybridized carbons (Fsp3) is 0.406. The van der Waals surface area contributed by atoms with E-state index in [4.69, 9.17) is 28.4 Å². The predicted octanol–water partition coefficient (Wildman–Crippen LogP) is 3.04. The number of rotatable bonds is 13. The summed E-state index contributed by atoms with van der Waals surface area (Å²) in [4.78, 5) is 59.8. The molecule has 0 aromatic heterocycles. The summed E-state index contributed by atoms with van der Waals surface area (Å²) in [6.07, 6.45) is -3.93. The van der Waals surface area contributed by atoms with E-state index in [0.29, 0.717) is 18.7 Å². The van der Waals surface area contributed by atoms with Gasteiger partial charge in [-0.3, -0.25) is 24.0 Å². The zero-order valence-corrected chi connectivity index (χ0v) is 25.1. The van der Waals surface area contributed by atoms with Gasteiger partial charge in [0.25, 0.3) is 0 Å². The third-order valence-electron chi connectivity index (χ3n) is 6.47. The molecule has 0 saturated carbocycles. The topological polar surface area (TPSA) is 153 Å². The fourth-order valence-corrected chi connectivity index (χ4v) is 4.47. The monoisotopic (exact) mass is 611 g/mol. The molecule has 1 fully saturated rings. The molecule has 1 amide bonds. The van der Waals surface area contributed by atoms with Gasteiger partial charge in [0.1, 0.15) is 18.5 Å². The van der Waals surface area contributed by atoms with E-state index in [-0.39, 0.29) is 18.9 Å². The molecular formula is C32H37NO11. The Morgan fingerprint density at radius 2 is 1.34 bits per heavy atom. The van der Waals surface area contributed by atoms with Crippen LogP contribution in [-0.4, -0.2) is 67.1 Å². The van der Waals surface area contributed by atoms with E-state index in [1.165, 1.54) is 6.92 Å². The largest absolute Gasteiger partial charge is 0.463 e. The molecule has 12 heteroatoms. The Morgan fingerprint density at radius 3 is 1.91 bits per heavy atom. The molecule has 5 atom stereocenters. The highest BCUT2D eigenvalue weighted by Crippen LogP contribution is 2.31. The second-order valence-electron chi connectivity index (χ2n) is 10.1. The van der Waals surface area contributed by atoms with Crippen LogP contribution in [-0.2, 0) is 60.6 Å². The maximum Gasteiger partial charge on any atom is 0.303 e. The van der Waals surface area contributed by atoms with Crippen LogP contribution in [0.4, 0.5) is 0 Å². The van der Waals surface area contributed by atoms with Gasteiger partial charge >= 0.3 is 23.9 Å². The molecule has 2 aromatic rings. The minimum atomic E-state index is -1.34. The number of esters is 4. The molecule has 0 radical (unpaired) electrons. The molecule has 44 heavy (non-hydrogen) atoms. The minimum absolute atomic E-state index is 0.101. The molecule has 2 aromatic carbocycles. The zero-order chi connectivity index (χ0) is 32.2. The van der Waals surface area contributed by atoms with Gasteiger partial charge < -0.3 is 33.7 Å². The summed E-state index contributed by atoms with van der Waals surface area (Å²) in [6.45, 7) is 8.40. The van der Waals surface area contributed by atoms with Crippen LogP contribution in [0.1, 0.15) is 50.8 Å². The quantitative estimate of drug-likeness (QED) is 0.263. The second kappa shape index (κ2) is 16.2. The van der Waals surface area contributed by atoms with Gasteiger partial charge in [0.15, 0.2) is 12.2 Å². The summed E-state index contributed by atoms with van der Waals surface area (Å²) >= 11 is 0. The number of hydrogen-bond donors (Lipinski definition) is 1. The van der Waals surface area contributed by atoms with Crippen molar-refractivity contribution in [1.82, 2.24) is 5.32 Å². The Labute approximate surface area is 255 Å². The molecule has 0 unspecified atom stereocenters. The van der Waals surface area contributed by atoms with Crippen molar-refractivity contribution in [3.63, 3.8) is 0 Å². The first-order chi connectivity index (χ1) is 20.9. The second-order valence-corrected chi connectivity index (χ2v) is 10.1. The van der Waals surface area contributed by atoms with Gasteiger partial charge in [0.05, 0.1) is 0 Å². The Morgan fingerprint density at radius 1 is 0.773 bits per heavy atom. The molecule has 0 spiro atoms. The van der Waals surface area contributed by atoms with Crippen molar-refractivity contribution < 1.29 is 52.4 Å². The van der Waals surface area contributed by atoms with Gasteiger partial charge in [-0.25, -0.2) is 0 Å². The number of hydrogen-bond acceptors (Lipinski definition) is 11. The number of benzene rings is 2. The van der Waals surface area contributed by atoms with Crippen molar-refractivity contribution in [2.75, 3.05) is 6.61 Å². The van der Waals surface area contributed by atoms with E-state index in [0.717, 1.165) is 37.5 Å². The van der Waals surface area contributed by atoms with Crippen molar-refractivity contribution in [1.29, 1.82) is 0 Å². The summed E-state index contributed by atoms with van der Waals surface area (Å²) in [5.74, 6) is -2.61. The number of carbonyl (C=O) groups is 5. The first-order valence-corrected chi connectivity index (χ1v) is 14.0. The van der Waals surface area contributed by atoms with Gasteiger partial charge in [0.2, 0.25) is 18.3 Å². The molecule has 3 rings (SSSR count). The number of amides is 1. The van der Waals surface area contributed by atoms with Gasteiger partial charge in [-0.2, -0.15) is 0 Å². The molecule has 1 N–H and O–H groups in total. The molecule has 0 bridgehead atoms. The lowest BCUT2D eigenvalue weighted by Gasteiger charge is -2.43. The van der Waals surface area contributed by atoms with E-state index >= 15 is 0 Å².